The van der Waals surface area contributed by atoms with Crippen LogP contribution in [0.2, 0.25) is 0 Å². The zero-order chi connectivity index (χ0) is 15.4. The first-order valence-electron chi connectivity index (χ1n) is 7.56. The van der Waals surface area contributed by atoms with Crippen molar-refractivity contribution in [2.45, 2.75) is 0 Å². The van der Waals surface area contributed by atoms with Crippen molar-refractivity contribution < 1.29 is 4.74 Å². The number of benzene rings is 1. The minimum absolute atomic E-state index is 0.916. The van der Waals surface area contributed by atoms with Gasteiger partial charge in [0.1, 0.15) is 5.75 Å². The second-order valence-corrected chi connectivity index (χ2v) is 5.40. The first-order chi connectivity index (χ1) is 10.8. The van der Waals surface area contributed by atoms with E-state index < -0.39 is 0 Å². The predicted octanol–water partition coefficient (Wildman–Crippen LogP) is 2.19. The molecule has 0 amide bonds. The quantitative estimate of drug-likeness (QED) is 0.811. The Hall–Kier alpha value is -2.43. The lowest BCUT2D eigenvalue weighted by molar-refractivity contribution is 0.271. The van der Waals surface area contributed by atoms with E-state index in [0.717, 1.165) is 43.3 Å². The number of hydrogen-bond donors (Lipinski definition) is 0. The smallest absolute Gasteiger partial charge is 0.142 e. The number of rotatable bonds is 4. The number of anilines is 1. The normalized spacial score (nSPS) is 15.5. The van der Waals surface area contributed by atoms with Gasteiger partial charge in [0, 0.05) is 26.3 Å². The van der Waals surface area contributed by atoms with Gasteiger partial charge in [-0.3, -0.25) is 5.01 Å². The molecule has 1 aliphatic heterocycles. The van der Waals surface area contributed by atoms with Crippen LogP contribution in [0.3, 0.4) is 0 Å². The van der Waals surface area contributed by atoms with Gasteiger partial charge in [-0.25, -0.2) is 0 Å². The summed E-state index contributed by atoms with van der Waals surface area (Å²) in [4.78, 5) is 2.35. The molecule has 22 heavy (non-hydrogen) atoms. The van der Waals surface area contributed by atoms with Crippen LogP contribution in [0.1, 0.15) is 5.69 Å². The van der Waals surface area contributed by atoms with Crippen LogP contribution in [0.25, 0.3) is 0 Å². The molecule has 1 aromatic carbocycles. The van der Waals surface area contributed by atoms with Gasteiger partial charge in [0.15, 0.2) is 0 Å². The van der Waals surface area contributed by atoms with Gasteiger partial charge in [-0.1, -0.05) is 12.1 Å². The first kappa shape index (κ1) is 14.5. The molecule has 2 aromatic rings. The topological polar surface area (TPSA) is 33.0 Å². The maximum absolute atomic E-state index is 5.45. The number of para-hydroxylation sites is 2. The Balaban J connectivity index is 1.61. The fourth-order valence-electron chi connectivity index (χ4n) is 2.69. The van der Waals surface area contributed by atoms with Gasteiger partial charge >= 0.3 is 0 Å². The Morgan fingerprint density at radius 2 is 1.82 bits per heavy atom. The lowest BCUT2D eigenvalue weighted by atomic mass is 10.2. The van der Waals surface area contributed by atoms with Crippen LogP contribution in [0.5, 0.6) is 5.75 Å². The summed E-state index contributed by atoms with van der Waals surface area (Å²) in [6, 6.07) is 12.3. The molecule has 1 fully saturated rings. The molecule has 116 valence electrons. The Morgan fingerprint density at radius 1 is 1.05 bits per heavy atom. The van der Waals surface area contributed by atoms with E-state index in [1.807, 2.05) is 37.7 Å². The molecule has 1 aromatic heterocycles. The van der Waals surface area contributed by atoms with Crippen molar-refractivity contribution in [1.29, 1.82) is 0 Å². The largest absolute Gasteiger partial charge is 0.495 e. The number of methoxy groups -OCH3 is 1. The van der Waals surface area contributed by atoms with Crippen molar-refractivity contribution in [1.82, 2.24) is 9.58 Å². The van der Waals surface area contributed by atoms with Crippen LogP contribution in [0.4, 0.5) is 5.69 Å². The molecular formula is C17H22N4O. The van der Waals surface area contributed by atoms with Crippen molar-refractivity contribution >= 4 is 11.9 Å². The molecule has 1 saturated heterocycles. The summed E-state index contributed by atoms with van der Waals surface area (Å²) in [6.07, 6.45) is 3.96. The van der Waals surface area contributed by atoms with Gasteiger partial charge in [-0.2, -0.15) is 5.10 Å². The van der Waals surface area contributed by atoms with Crippen molar-refractivity contribution in [2.75, 3.05) is 38.2 Å². The number of nitrogens with zero attached hydrogens (tertiary/aromatic N) is 4. The lowest BCUT2D eigenvalue weighted by Gasteiger charge is -2.35. The van der Waals surface area contributed by atoms with Gasteiger partial charge in [0.2, 0.25) is 0 Å². The second-order valence-electron chi connectivity index (χ2n) is 5.40. The molecule has 5 nitrogen and oxygen atoms in total. The van der Waals surface area contributed by atoms with Crippen LogP contribution in [-0.2, 0) is 7.05 Å². The molecule has 0 N–H and O–H groups in total. The van der Waals surface area contributed by atoms with E-state index in [1.165, 1.54) is 0 Å². The van der Waals surface area contributed by atoms with Crippen molar-refractivity contribution in [3.05, 3.63) is 48.3 Å². The highest BCUT2D eigenvalue weighted by atomic mass is 16.5. The second kappa shape index (κ2) is 6.56. The Bertz CT molecular complexity index is 642. The summed E-state index contributed by atoms with van der Waals surface area (Å²) in [6.45, 7) is 3.73. The molecule has 0 saturated carbocycles. The third-order valence-corrected chi connectivity index (χ3v) is 4.02. The predicted molar refractivity (Wildman–Crippen MR) is 89.8 cm³/mol. The van der Waals surface area contributed by atoms with Crippen LogP contribution in [0.15, 0.2) is 47.7 Å². The van der Waals surface area contributed by atoms with Crippen LogP contribution in [0, 0.1) is 0 Å². The molecule has 3 rings (SSSR count). The summed E-state index contributed by atoms with van der Waals surface area (Å²) >= 11 is 0. The minimum atomic E-state index is 0.916. The Labute approximate surface area is 131 Å². The highest BCUT2D eigenvalue weighted by Gasteiger charge is 2.18. The summed E-state index contributed by atoms with van der Waals surface area (Å²) in [5.41, 5.74) is 2.28. The molecule has 0 spiro atoms. The SMILES string of the molecule is COc1ccccc1N1CCN(N=Cc2cccn2C)CC1. The van der Waals surface area contributed by atoms with Crippen molar-refractivity contribution in [3.63, 3.8) is 0 Å². The highest BCUT2D eigenvalue weighted by Crippen LogP contribution is 2.28. The molecule has 0 radical (unpaired) electrons. The Kier molecular flexibility index (Phi) is 4.32. The highest BCUT2D eigenvalue weighted by molar-refractivity contribution is 5.77. The first-order valence-corrected chi connectivity index (χ1v) is 7.56. The summed E-state index contributed by atoms with van der Waals surface area (Å²) in [5, 5.41) is 6.71. The van der Waals surface area contributed by atoms with E-state index in [-0.39, 0.29) is 0 Å². The third kappa shape index (κ3) is 3.08. The molecule has 1 aliphatic rings. The van der Waals surface area contributed by atoms with Crippen LogP contribution < -0.4 is 9.64 Å². The summed E-state index contributed by atoms with van der Waals surface area (Å²) < 4.78 is 7.51. The summed E-state index contributed by atoms with van der Waals surface area (Å²) in [5.74, 6) is 0.934. The van der Waals surface area contributed by atoms with E-state index in [1.54, 1.807) is 7.11 Å². The van der Waals surface area contributed by atoms with Crippen molar-refractivity contribution in [2.24, 2.45) is 12.1 Å². The Morgan fingerprint density at radius 3 is 2.50 bits per heavy atom. The maximum Gasteiger partial charge on any atom is 0.142 e. The van der Waals surface area contributed by atoms with E-state index in [2.05, 4.69) is 37.8 Å². The van der Waals surface area contributed by atoms with Crippen molar-refractivity contribution in [3.8, 4) is 5.75 Å². The fourth-order valence-corrected chi connectivity index (χ4v) is 2.69. The minimum Gasteiger partial charge on any atom is -0.495 e. The van der Waals surface area contributed by atoms with E-state index in [0.29, 0.717) is 0 Å². The maximum atomic E-state index is 5.45. The van der Waals surface area contributed by atoms with E-state index >= 15 is 0 Å². The van der Waals surface area contributed by atoms with Gasteiger partial charge < -0.3 is 14.2 Å². The molecule has 0 aliphatic carbocycles. The van der Waals surface area contributed by atoms with E-state index in [9.17, 15) is 0 Å². The monoisotopic (exact) mass is 298 g/mol. The number of piperazine rings is 1. The molecule has 0 atom stereocenters. The van der Waals surface area contributed by atoms with Crippen LogP contribution >= 0.6 is 0 Å². The average molecular weight is 298 g/mol. The number of aromatic nitrogens is 1. The zero-order valence-corrected chi connectivity index (χ0v) is 13.1. The molecule has 0 unspecified atom stereocenters. The zero-order valence-electron chi connectivity index (χ0n) is 13.1. The third-order valence-electron chi connectivity index (χ3n) is 4.02. The number of ether oxygens (including phenoxy) is 1. The molecule has 2 heterocycles. The van der Waals surface area contributed by atoms with Gasteiger partial charge in [0.25, 0.3) is 0 Å². The molecular weight excluding hydrogens is 276 g/mol. The van der Waals surface area contributed by atoms with E-state index in [4.69, 9.17) is 4.74 Å². The molecule has 0 bridgehead atoms. The fraction of sp³-hybridized carbons (Fsp3) is 0.353. The summed E-state index contributed by atoms with van der Waals surface area (Å²) in [7, 11) is 3.75. The standard InChI is InChI=1S/C17H22N4O/c1-19-9-5-6-15(19)14-18-21-12-10-20(11-13-21)16-7-3-4-8-17(16)22-2/h3-9,14H,10-13H2,1-2H3. The average Bonchev–Trinajstić information content (AvgIpc) is 2.98. The number of aryl methyl sites for hydroxylation is 1. The lowest BCUT2D eigenvalue weighted by Crippen LogP contribution is -2.44. The van der Waals surface area contributed by atoms with Gasteiger partial charge in [-0.15, -0.1) is 0 Å². The molecule has 5 heteroatoms. The van der Waals surface area contributed by atoms with Crippen LogP contribution in [-0.4, -0.2) is 49.1 Å². The van der Waals surface area contributed by atoms with Gasteiger partial charge in [-0.05, 0) is 24.3 Å². The van der Waals surface area contributed by atoms with Gasteiger partial charge in [0.05, 0.1) is 37.8 Å². The number of hydrogen-bond acceptors (Lipinski definition) is 4. The number of hydrazone groups is 1.